The average Bonchev–Trinajstić information content (AvgIpc) is 2.90. The maximum Gasteiger partial charge on any atom is 0.306 e. The molecule has 0 fully saturated rings. The van der Waals surface area contributed by atoms with Gasteiger partial charge in [0, 0.05) is 6.42 Å². The normalized spacial score (nSPS) is 13.1. The maximum atomic E-state index is 12.6. The van der Waals surface area contributed by atoms with E-state index >= 15 is 0 Å². The summed E-state index contributed by atoms with van der Waals surface area (Å²) in [6.07, 6.45) is 28.7. The highest BCUT2D eigenvalue weighted by Gasteiger charge is 2.20. The van der Waals surface area contributed by atoms with Gasteiger partial charge in [0.25, 0.3) is 0 Å². The molecule has 0 saturated carbocycles. The Morgan fingerprint density at radius 1 is 0.722 bits per heavy atom. The molecule has 0 N–H and O–H groups in total. The van der Waals surface area contributed by atoms with E-state index in [1.54, 1.807) is 0 Å². The fourth-order valence-electron chi connectivity index (χ4n) is 3.74. The molecule has 0 heterocycles. The maximum absolute atomic E-state index is 12.6. The van der Waals surface area contributed by atoms with E-state index in [-0.39, 0.29) is 12.1 Å². The van der Waals surface area contributed by atoms with Crippen LogP contribution in [0.5, 0.6) is 0 Å². The van der Waals surface area contributed by atoms with Gasteiger partial charge in [0.2, 0.25) is 0 Å². The molecule has 2 aromatic carbocycles. The zero-order valence-corrected chi connectivity index (χ0v) is 22.0. The van der Waals surface area contributed by atoms with Crippen molar-refractivity contribution in [3.05, 3.63) is 132 Å². The van der Waals surface area contributed by atoms with Crippen molar-refractivity contribution in [1.29, 1.82) is 0 Å². The van der Waals surface area contributed by atoms with E-state index in [2.05, 4.69) is 80.7 Å². The Kier molecular flexibility index (Phi) is 15.1. The summed E-state index contributed by atoms with van der Waals surface area (Å²) in [6, 6.07) is 18.1. The molecule has 36 heavy (non-hydrogen) atoms. The van der Waals surface area contributed by atoms with Crippen molar-refractivity contribution in [1.82, 2.24) is 0 Å². The van der Waals surface area contributed by atoms with Crippen LogP contribution in [0.3, 0.4) is 0 Å². The molecular weight excluding hydrogens is 440 g/mol. The number of carbonyl (C=O) groups excluding carboxylic acids is 1. The van der Waals surface area contributed by atoms with Crippen molar-refractivity contribution in [2.75, 3.05) is 0 Å². The number of hydrogen-bond donors (Lipinski definition) is 0. The molecule has 2 aromatic rings. The molecule has 2 nitrogen and oxygen atoms in total. The Balaban J connectivity index is 1.64. The minimum Gasteiger partial charge on any atom is -0.453 e. The van der Waals surface area contributed by atoms with Crippen LogP contribution in [0.1, 0.15) is 81.1 Å². The smallest absolute Gasteiger partial charge is 0.306 e. The van der Waals surface area contributed by atoms with Crippen molar-refractivity contribution in [3.63, 3.8) is 0 Å². The van der Waals surface area contributed by atoms with Crippen LogP contribution >= 0.6 is 0 Å². The van der Waals surface area contributed by atoms with Gasteiger partial charge in [-0.05, 0) is 68.6 Å². The number of esters is 1. The van der Waals surface area contributed by atoms with E-state index in [9.17, 15) is 4.79 Å². The second kappa shape index (κ2) is 18.9. The molecule has 0 amide bonds. The minimum atomic E-state index is -0.367. The molecule has 1 atom stereocenters. The van der Waals surface area contributed by atoms with Crippen LogP contribution in [-0.2, 0) is 9.53 Å². The third kappa shape index (κ3) is 12.4. The lowest BCUT2D eigenvalue weighted by Gasteiger charge is -2.20. The third-order valence-electron chi connectivity index (χ3n) is 5.73. The molecule has 2 heteroatoms. The average molecular weight is 483 g/mol. The lowest BCUT2D eigenvalue weighted by atomic mass is 9.97. The fraction of sp³-hybridized carbons (Fsp3) is 0.324. The Morgan fingerprint density at radius 2 is 1.25 bits per heavy atom. The van der Waals surface area contributed by atoms with Crippen molar-refractivity contribution >= 4 is 5.97 Å². The lowest BCUT2D eigenvalue weighted by Crippen LogP contribution is -2.13. The van der Waals surface area contributed by atoms with Gasteiger partial charge < -0.3 is 4.74 Å². The number of aryl methyl sites for hydroxylation is 1. The second-order valence-electron chi connectivity index (χ2n) is 8.74. The summed E-state index contributed by atoms with van der Waals surface area (Å²) >= 11 is 0. The lowest BCUT2D eigenvalue weighted by molar-refractivity contribution is -0.147. The van der Waals surface area contributed by atoms with E-state index in [0.29, 0.717) is 6.42 Å². The molecule has 0 bridgehead atoms. The van der Waals surface area contributed by atoms with E-state index in [0.717, 1.165) is 61.6 Å². The topological polar surface area (TPSA) is 26.3 Å². The first-order valence-electron chi connectivity index (χ1n) is 13.3. The van der Waals surface area contributed by atoms with Crippen molar-refractivity contribution in [3.8, 4) is 0 Å². The number of unbranched alkanes of at least 4 members (excludes halogenated alkanes) is 1. The largest absolute Gasteiger partial charge is 0.453 e. The summed E-state index contributed by atoms with van der Waals surface area (Å²) < 4.78 is 5.94. The Hall–Kier alpha value is -3.39. The molecule has 0 aliphatic heterocycles. The number of ether oxygens (including phenoxy) is 1. The molecule has 0 aromatic heterocycles. The quantitative estimate of drug-likeness (QED) is 0.135. The second-order valence-corrected chi connectivity index (χ2v) is 8.74. The van der Waals surface area contributed by atoms with Crippen LogP contribution in [0, 0.1) is 6.92 Å². The van der Waals surface area contributed by atoms with Crippen molar-refractivity contribution in [2.45, 2.75) is 71.3 Å². The zero-order valence-electron chi connectivity index (χ0n) is 22.0. The molecule has 0 aliphatic rings. The predicted molar refractivity (Wildman–Crippen MR) is 154 cm³/mol. The van der Waals surface area contributed by atoms with Gasteiger partial charge >= 0.3 is 5.97 Å². The fourth-order valence-corrected chi connectivity index (χ4v) is 3.74. The van der Waals surface area contributed by atoms with Gasteiger partial charge in [-0.2, -0.15) is 0 Å². The Morgan fingerprint density at radius 3 is 1.83 bits per heavy atom. The molecule has 0 saturated heterocycles. The summed E-state index contributed by atoms with van der Waals surface area (Å²) in [5.74, 6) is -0.153. The van der Waals surface area contributed by atoms with E-state index in [1.165, 1.54) is 0 Å². The van der Waals surface area contributed by atoms with Gasteiger partial charge in [0.15, 0.2) is 6.10 Å². The van der Waals surface area contributed by atoms with Crippen LogP contribution < -0.4 is 0 Å². The van der Waals surface area contributed by atoms with Gasteiger partial charge in [-0.15, -0.1) is 0 Å². The zero-order chi connectivity index (χ0) is 25.7. The third-order valence-corrected chi connectivity index (χ3v) is 5.73. The SMILES string of the molecule is CC/C=C\C/C=C\C/C=C\C/C=C\C/C=C\CCCC(=O)OC(c1ccccc1)c1ccccc1C. The number of hydrogen-bond acceptors (Lipinski definition) is 2. The van der Waals surface area contributed by atoms with Crippen molar-refractivity contribution < 1.29 is 9.53 Å². The molecule has 0 spiro atoms. The summed E-state index contributed by atoms with van der Waals surface area (Å²) in [5, 5.41) is 0. The van der Waals surface area contributed by atoms with Gasteiger partial charge in [0.1, 0.15) is 0 Å². The van der Waals surface area contributed by atoms with Crippen LogP contribution in [0.15, 0.2) is 115 Å². The number of allylic oxidation sites excluding steroid dienone is 10. The van der Waals surface area contributed by atoms with Crippen LogP contribution in [0.25, 0.3) is 0 Å². The first-order chi connectivity index (χ1) is 17.7. The minimum absolute atomic E-state index is 0.153. The predicted octanol–water partition coefficient (Wildman–Crippen LogP) is 9.55. The summed E-state index contributed by atoms with van der Waals surface area (Å²) in [6.45, 7) is 4.21. The number of rotatable bonds is 16. The monoisotopic (exact) mass is 482 g/mol. The van der Waals surface area contributed by atoms with E-state index < -0.39 is 0 Å². The van der Waals surface area contributed by atoms with Crippen LogP contribution in [-0.4, -0.2) is 5.97 Å². The molecular formula is C34H42O2. The van der Waals surface area contributed by atoms with Gasteiger partial charge in [-0.25, -0.2) is 0 Å². The molecule has 1 unspecified atom stereocenters. The summed E-state index contributed by atoms with van der Waals surface area (Å²) in [4.78, 5) is 12.6. The van der Waals surface area contributed by atoms with Gasteiger partial charge in [-0.1, -0.05) is 122 Å². The highest BCUT2D eigenvalue weighted by atomic mass is 16.5. The van der Waals surface area contributed by atoms with Crippen LogP contribution in [0.2, 0.25) is 0 Å². The Bertz CT molecular complexity index is 1010. The van der Waals surface area contributed by atoms with Gasteiger partial charge in [0.05, 0.1) is 0 Å². The van der Waals surface area contributed by atoms with Crippen LogP contribution in [0.4, 0.5) is 0 Å². The standard InChI is InChI=1S/C34H42O2/c1-3-4-5-6-7-8-9-10-11-12-13-14-15-16-17-18-22-29-33(35)36-34(31-26-20-19-21-27-31)32-28-24-23-25-30(32)2/h4-5,7-8,10-11,13-14,16-17,19-21,23-28,34H,3,6,9,12,15,18,22,29H2,1-2H3/b5-4-,8-7-,11-10-,14-13-,17-16-. The Labute approximate surface area is 218 Å². The summed E-state index contributed by atoms with van der Waals surface area (Å²) in [5.41, 5.74) is 3.16. The molecule has 2 rings (SSSR count). The van der Waals surface area contributed by atoms with E-state index in [1.807, 2.05) is 48.5 Å². The highest BCUT2D eigenvalue weighted by Crippen LogP contribution is 2.29. The van der Waals surface area contributed by atoms with E-state index in [4.69, 9.17) is 4.74 Å². The molecule has 190 valence electrons. The molecule has 0 aliphatic carbocycles. The molecule has 0 radical (unpaired) electrons. The first-order valence-corrected chi connectivity index (χ1v) is 13.3. The number of carbonyl (C=O) groups is 1. The summed E-state index contributed by atoms with van der Waals surface area (Å²) in [7, 11) is 0. The number of benzene rings is 2. The highest BCUT2D eigenvalue weighted by molar-refractivity contribution is 5.70. The first kappa shape index (κ1) is 28.8. The van der Waals surface area contributed by atoms with Gasteiger partial charge in [-0.3, -0.25) is 4.79 Å². The van der Waals surface area contributed by atoms with Crippen molar-refractivity contribution in [2.24, 2.45) is 0 Å².